The standard InChI is InChI=1S/C19H16N2O5S2/c1-2-28(23,24)14-6-3-12(4-7-14)18(22)21-19-20-15(10-27-19)13-5-8-16-17(9-13)26-11-25-16/h3-10H,2,11H2,1H3,(H,20,21,22). The van der Waals surface area contributed by atoms with Crippen LogP contribution in [0.1, 0.15) is 17.3 Å². The molecule has 0 atom stereocenters. The second-order valence-corrected chi connectivity index (χ2v) is 9.12. The van der Waals surface area contributed by atoms with Crippen molar-refractivity contribution in [2.45, 2.75) is 11.8 Å². The number of hydrogen-bond donors (Lipinski definition) is 1. The number of ether oxygens (including phenoxy) is 2. The third kappa shape index (κ3) is 3.58. The summed E-state index contributed by atoms with van der Waals surface area (Å²) < 4.78 is 34.4. The number of aromatic nitrogens is 1. The second kappa shape index (κ2) is 7.25. The Morgan fingerprint density at radius 1 is 1.14 bits per heavy atom. The third-order valence-electron chi connectivity index (χ3n) is 4.25. The smallest absolute Gasteiger partial charge is 0.257 e. The highest BCUT2D eigenvalue weighted by Gasteiger charge is 2.16. The van der Waals surface area contributed by atoms with Crippen LogP contribution in [-0.2, 0) is 9.84 Å². The zero-order chi connectivity index (χ0) is 19.7. The van der Waals surface area contributed by atoms with Crippen LogP contribution in [0.15, 0.2) is 52.7 Å². The summed E-state index contributed by atoms with van der Waals surface area (Å²) in [6.07, 6.45) is 0. The van der Waals surface area contributed by atoms with E-state index in [0.29, 0.717) is 27.9 Å². The molecule has 28 heavy (non-hydrogen) atoms. The van der Waals surface area contributed by atoms with Crippen molar-refractivity contribution in [1.82, 2.24) is 4.98 Å². The van der Waals surface area contributed by atoms with Crippen LogP contribution >= 0.6 is 11.3 Å². The largest absolute Gasteiger partial charge is 0.454 e. The number of amides is 1. The number of anilines is 1. The van der Waals surface area contributed by atoms with E-state index in [-0.39, 0.29) is 23.3 Å². The molecule has 1 aliphatic rings. The Morgan fingerprint density at radius 3 is 2.64 bits per heavy atom. The van der Waals surface area contributed by atoms with Gasteiger partial charge in [0.05, 0.1) is 16.3 Å². The Balaban J connectivity index is 1.49. The van der Waals surface area contributed by atoms with E-state index >= 15 is 0 Å². The normalized spacial score (nSPS) is 12.8. The molecule has 0 bridgehead atoms. The summed E-state index contributed by atoms with van der Waals surface area (Å²) in [4.78, 5) is 17.0. The molecule has 3 aromatic rings. The summed E-state index contributed by atoms with van der Waals surface area (Å²) in [5.41, 5.74) is 1.92. The van der Waals surface area contributed by atoms with Crippen molar-refractivity contribution >= 4 is 32.2 Å². The van der Waals surface area contributed by atoms with Gasteiger partial charge < -0.3 is 9.47 Å². The molecule has 1 aliphatic heterocycles. The molecular weight excluding hydrogens is 400 g/mol. The molecular formula is C19H16N2O5S2. The minimum atomic E-state index is -3.29. The highest BCUT2D eigenvalue weighted by molar-refractivity contribution is 7.91. The van der Waals surface area contributed by atoms with Crippen molar-refractivity contribution < 1.29 is 22.7 Å². The highest BCUT2D eigenvalue weighted by atomic mass is 32.2. The minimum absolute atomic E-state index is 0.0142. The Kier molecular flexibility index (Phi) is 4.78. The first-order valence-corrected chi connectivity index (χ1v) is 11.0. The fourth-order valence-electron chi connectivity index (χ4n) is 2.67. The topological polar surface area (TPSA) is 94.6 Å². The molecule has 0 spiro atoms. The van der Waals surface area contributed by atoms with Gasteiger partial charge in [-0.3, -0.25) is 10.1 Å². The molecule has 0 saturated carbocycles. The first kappa shape index (κ1) is 18.5. The third-order valence-corrected chi connectivity index (χ3v) is 6.76. The predicted molar refractivity (Wildman–Crippen MR) is 106 cm³/mol. The van der Waals surface area contributed by atoms with Gasteiger partial charge in [-0.2, -0.15) is 0 Å². The predicted octanol–water partition coefficient (Wildman–Crippen LogP) is 3.58. The van der Waals surface area contributed by atoms with E-state index in [1.807, 2.05) is 23.6 Å². The summed E-state index contributed by atoms with van der Waals surface area (Å²) in [6.45, 7) is 1.78. The van der Waals surface area contributed by atoms with E-state index in [0.717, 1.165) is 5.56 Å². The molecule has 9 heteroatoms. The van der Waals surface area contributed by atoms with E-state index in [9.17, 15) is 13.2 Å². The maximum absolute atomic E-state index is 12.4. The van der Waals surface area contributed by atoms with Crippen LogP contribution in [0.5, 0.6) is 11.5 Å². The number of benzene rings is 2. The average molecular weight is 416 g/mol. The second-order valence-electron chi connectivity index (χ2n) is 5.99. The number of rotatable bonds is 5. The number of nitrogens with zero attached hydrogens (tertiary/aromatic N) is 1. The molecule has 0 unspecified atom stereocenters. The molecule has 1 amide bonds. The van der Waals surface area contributed by atoms with Crippen molar-refractivity contribution in [2.75, 3.05) is 17.9 Å². The van der Waals surface area contributed by atoms with Crippen molar-refractivity contribution in [2.24, 2.45) is 0 Å². The lowest BCUT2D eigenvalue weighted by atomic mass is 10.1. The van der Waals surface area contributed by atoms with E-state index in [1.54, 1.807) is 6.92 Å². The molecule has 0 aliphatic carbocycles. The van der Waals surface area contributed by atoms with E-state index in [1.165, 1.54) is 35.6 Å². The lowest BCUT2D eigenvalue weighted by Crippen LogP contribution is -2.12. The van der Waals surface area contributed by atoms with Crippen LogP contribution in [0, 0.1) is 0 Å². The summed E-state index contributed by atoms with van der Waals surface area (Å²) in [7, 11) is -3.29. The molecule has 0 fully saturated rings. The fraction of sp³-hybridized carbons (Fsp3) is 0.158. The average Bonchev–Trinajstić information content (AvgIpc) is 3.36. The van der Waals surface area contributed by atoms with Crippen LogP contribution in [0.25, 0.3) is 11.3 Å². The maximum Gasteiger partial charge on any atom is 0.257 e. The Hall–Kier alpha value is -2.91. The van der Waals surface area contributed by atoms with Crippen LogP contribution in [-0.4, -0.2) is 31.9 Å². The monoisotopic (exact) mass is 416 g/mol. The maximum atomic E-state index is 12.4. The van der Waals surface area contributed by atoms with Crippen molar-refractivity contribution in [1.29, 1.82) is 0 Å². The zero-order valence-electron chi connectivity index (χ0n) is 14.8. The van der Waals surface area contributed by atoms with Crippen LogP contribution in [0.2, 0.25) is 0 Å². The summed E-state index contributed by atoms with van der Waals surface area (Å²) in [6, 6.07) is 11.4. The van der Waals surface area contributed by atoms with Crippen LogP contribution < -0.4 is 14.8 Å². The van der Waals surface area contributed by atoms with E-state index in [4.69, 9.17) is 9.47 Å². The van der Waals surface area contributed by atoms with Gasteiger partial charge in [0.1, 0.15) is 0 Å². The van der Waals surface area contributed by atoms with Gasteiger partial charge in [0.15, 0.2) is 26.5 Å². The molecule has 144 valence electrons. The molecule has 0 radical (unpaired) electrons. The Morgan fingerprint density at radius 2 is 1.89 bits per heavy atom. The van der Waals surface area contributed by atoms with Crippen LogP contribution in [0.3, 0.4) is 0 Å². The zero-order valence-corrected chi connectivity index (χ0v) is 16.5. The van der Waals surface area contributed by atoms with Gasteiger partial charge in [-0.25, -0.2) is 13.4 Å². The Labute approximate surface area is 165 Å². The Bertz CT molecular complexity index is 1140. The molecule has 2 heterocycles. The number of carbonyl (C=O) groups excluding carboxylic acids is 1. The van der Waals surface area contributed by atoms with Crippen molar-refractivity contribution in [3.63, 3.8) is 0 Å². The highest BCUT2D eigenvalue weighted by Crippen LogP contribution is 2.36. The number of hydrogen-bond acceptors (Lipinski definition) is 7. The van der Waals surface area contributed by atoms with Gasteiger partial charge in [-0.15, -0.1) is 11.3 Å². The van der Waals surface area contributed by atoms with Crippen molar-refractivity contribution in [3.8, 4) is 22.8 Å². The lowest BCUT2D eigenvalue weighted by Gasteiger charge is -2.04. The molecule has 1 aromatic heterocycles. The van der Waals surface area contributed by atoms with Gasteiger partial charge in [0.2, 0.25) is 6.79 Å². The summed E-state index contributed by atoms with van der Waals surface area (Å²) in [5.74, 6) is 1.02. The van der Waals surface area contributed by atoms with Gasteiger partial charge in [-0.1, -0.05) is 6.92 Å². The number of sulfone groups is 1. The van der Waals surface area contributed by atoms with Gasteiger partial charge in [0, 0.05) is 16.5 Å². The summed E-state index contributed by atoms with van der Waals surface area (Å²) >= 11 is 1.30. The number of nitrogens with one attached hydrogen (secondary N) is 1. The molecule has 7 nitrogen and oxygen atoms in total. The first-order chi connectivity index (χ1) is 13.5. The molecule has 0 saturated heterocycles. The van der Waals surface area contributed by atoms with Crippen molar-refractivity contribution in [3.05, 3.63) is 53.4 Å². The number of carbonyl (C=O) groups is 1. The van der Waals surface area contributed by atoms with E-state index < -0.39 is 9.84 Å². The minimum Gasteiger partial charge on any atom is -0.454 e. The molecule has 2 aromatic carbocycles. The fourth-order valence-corrected chi connectivity index (χ4v) is 4.27. The molecule has 4 rings (SSSR count). The van der Waals surface area contributed by atoms with Crippen LogP contribution in [0.4, 0.5) is 5.13 Å². The summed E-state index contributed by atoms with van der Waals surface area (Å²) in [5, 5.41) is 5.02. The van der Waals surface area contributed by atoms with Gasteiger partial charge in [0.25, 0.3) is 5.91 Å². The number of thiazole rings is 1. The lowest BCUT2D eigenvalue weighted by molar-refractivity contribution is 0.102. The molecule has 1 N–H and O–H groups in total. The first-order valence-electron chi connectivity index (χ1n) is 8.46. The number of fused-ring (bicyclic) bond motifs is 1. The quantitative estimate of drug-likeness (QED) is 0.683. The SMILES string of the molecule is CCS(=O)(=O)c1ccc(C(=O)Nc2nc(-c3ccc4c(c3)OCO4)cs2)cc1. The van der Waals surface area contributed by atoms with Gasteiger partial charge >= 0.3 is 0 Å². The van der Waals surface area contributed by atoms with Gasteiger partial charge in [-0.05, 0) is 42.5 Å². The van der Waals surface area contributed by atoms with E-state index in [2.05, 4.69) is 10.3 Å².